The van der Waals surface area contributed by atoms with Gasteiger partial charge in [-0.15, -0.1) is 0 Å². The van der Waals surface area contributed by atoms with Gasteiger partial charge in [-0.2, -0.15) is 0 Å². The van der Waals surface area contributed by atoms with Crippen molar-refractivity contribution in [3.05, 3.63) is 53.6 Å². The van der Waals surface area contributed by atoms with Gasteiger partial charge in [0.2, 0.25) is 10.0 Å². The first-order valence-electron chi connectivity index (χ1n) is 10.5. The van der Waals surface area contributed by atoms with E-state index in [1.54, 1.807) is 42.2 Å². The molecule has 1 aliphatic heterocycles. The summed E-state index contributed by atoms with van der Waals surface area (Å²) in [5.41, 5.74) is 1.62. The van der Waals surface area contributed by atoms with Crippen molar-refractivity contribution >= 4 is 15.9 Å². The number of aryl methyl sites for hydroxylation is 2. The Hall–Kier alpha value is -2.58. The zero-order valence-electron chi connectivity index (χ0n) is 18.3. The van der Waals surface area contributed by atoms with Gasteiger partial charge in [-0.1, -0.05) is 12.1 Å². The maximum Gasteiger partial charge on any atom is 0.260 e. The molecule has 1 N–H and O–H groups in total. The number of amides is 1. The molecule has 31 heavy (non-hydrogen) atoms. The number of sulfonamides is 1. The van der Waals surface area contributed by atoms with Gasteiger partial charge in [-0.25, -0.2) is 13.1 Å². The molecule has 0 atom stereocenters. The van der Waals surface area contributed by atoms with Gasteiger partial charge in [0.25, 0.3) is 5.91 Å². The van der Waals surface area contributed by atoms with Gasteiger partial charge in [0.1, 0.15) is 11.5 Å². The lowest BCUT2D eigenvalue weighted by atomic mass is 10.1. The summed E-state index contributed by atoms with van der Waals surface area (Å²) in [6.45, 7) is 7.11. The van der Waals surface area contributed by atoms with Crippen molar-refractivity contribution in [2.45, 2.75) is 44.6 Å². The van der Waals surface area contributed by atoms with Gasteiger partial charge in [-0.3, -0.25) is 4.79 Å². The van der Waals surface area contributed by atoms with Gasteiger partial charge in [-0.05, 0) is 75.1 Å². The van der Waals surface area contributed by atoms with E-state index in [1.165, 1.54) is 0 Å². The molecule has 0 bridgehead atoms. The fraction of sp³-hybridized carbons (Fsp3) is 0.435. The molecule has 1 fully saturated rings. The Morgan fingerprint density at radius 1 is 1.03 bits per heavy atom. The van der Waals surface area contributed by atoms with Gasteiger partial charge in [0, 0.05) is 19.1 Å². The number of carbonyl (C=O) groups excluding carboxylic acids is 1. The molecular weight excluding hydrogens is 416 g/mol. The van der Waals surface area contributed by atoms with Crippen LogP contribution in [0.4, 0.5) is 0 Å². The largest absolute Gasteiger partial charge is 0.494 e. The number of piperidine rings is 1. The number of rotatable bonds is 8. The van der Waals surface area contributed by atoms with E-state index in [1.807, 2.05) is 26.0 Å². The summed E-state index contributed by atoms with van der Waals surface area (Å²) < 4.78 is 39.4. The molecule has 2 aromatic carbocycles. The minimum atomic E-state index is -3.59. The van der Waals surface area contributed by atoms with Crippen LogP contribution < -0.4 is 14.2 Å². The van der Waals surface area contributed by atoms with E-state index in [-0.39, 0.29) is 18.6 Å². The summed E-state index contributed by atoms with van der Waals surface area (Å²) in [5.74, 6) is 1.25. The average Bonchev–Trinajstić information content (AvgIpc) is 2.75. The van der Waals surface area contributed by atoms with Crippen LogP contribution in [0.25, 0.3) is 0 Å². The topological polar surface area (TPSA) is 84.9 Å². The first-order chi connectivity index (χ1) is 14.8. The van der Waals surface area contributed by atoms with Crippen LogP contribution in [-0.2, 0) is 14.8 Å². The zero-order valence-corrected chi connectivity index (χ0v) is 19.1. The zero-order chi connectivity index (χ0) is 22.4. The highest BCUT2D eigenvalue weighted by atomic mass is 32.2. The third-order valence-corrected chi connectivity index (χ3v) is 6.96. The second-order valence-electron chi connectivity index (χ2n) is 7.74. The number of ether oxygens (including phenoxy) is 2. The molecule has 0 radical (unpaired) electrons. The number of hydrogen-bond acceptors (Lipinski definition) is 5. The van der Waals surface area contributed by atoms with E-state index >= 15 is 0 Å². The minimum Gasteiger partial charge on any atom is -0.494 e. The summed E-state index contributed by atoms with van der Waals surface area (Å²) in [5, 5.41) is 0. The van der Waals surface area contributed by atoms with Crippen LogP contribution in [0.5, 0.6) is 11.5 Å². The molecule has 3 rings (SSSR count). The van der Waals surface area contributed by atoms with Crippen molar-refractivity contribution in [2.75, 3.05) is 26.3 Å². The summed E-state index contributed by atoms with van der Waals surface area (Å²) in [6, 6.07) is 12.4. The second-order valence-corrected chi connectivity index (χ2v) is 9.42. The van der Waals surface area contributed by atoms with Gasteiger partial charge in [0.15, 0.2) is 6.61 Å². The summed E-state index contributed by atoms with van der Waals surface area (Å²) in [6.07, 6.45) is 1.14. The van der Waals surface area contributed by atoms with Crippen LogP contribution in [0, 0.1) is 13.8 Å². The highest BCUT2D eigenvalue weighted by Gasteiger charge is 2.27. The number of hydrogen-bond donors (Lipinski definition) is 1. The van der Waals surface area contributed by atoms with Crippen LogP contribution in [-0.4, -0.2) is 51.6 Å². The van der Waals surface area contributed by atoms with Crippen LogP contribution in [0.3, 0.4) is 0 Å². The molecule has 1 saturated heterocycles. The normalized spacial score (nSPS) is 15.0. The molecule has 0 saturated carbocycles. The lowest BCUT2D eigenvalue weighted by Gasteiger charge is -2.32. The third-order valence-electron chi connectivity index (χ3n) is 5.30. The van der Waals surface area contributed by atoms with Gasteiger partial charge < -0.3 is 14.4 Å². The maximum absolute atomic E-state index is 12.8. The van der Waals surface area contributed by atoms with Crippen LogP contribution in [0.15, 0.2) is 47.4 Å². The Morgan fingerprint density at radius 3 is 2.26 bits per heavy atom. The molecule has 0 spiro atoms. The third kappa shape index (κ3) is 6.21. The molecule has 1 heterocycles. The second kappa shape index (κ2) is 10.2. The number of nitrogens with zero attached hydrogens (tertiary/aromatic N) is 1. The fourth-order valence-corrected chi connectivity index (χ4v) is 5.20. The molecule has 8 heteroatoms. The quantitative estimate of drug-likeness (QED) is 0.674. The fourth-order valence-electron chi connectivity index (χ4n) is 3.56. The van der Waals surface area contributed by atoms with Crippen LogP contribution in [0.1, 0.15) is 30.9 Å². The van der Waals surface area contributed by atoms with E-state index in [0.717, 1.165) is 16.9 Å². The van der Waals surface area contributed by atoms with E-state index < -0.39 is 10.0 Å². The Kier molecular flexibility index (Phi) is 7.56. The number of nitrogens with one attached hydrogen (secondary N) is 1. The Morgan fingerprint density at radius 2 is 1.65 bits per heavy atom. The molecule has 1 amide bonds. The van der Waals surface area contributed by atoms with Gasteiger partial charge >= 0.3 is 0 Å². The standard InChI is InChI=1S/C23H30N2O5S/c1-4-29-20-7-9-21(10-8-20)30-16-23(26)25-13-11-19(12-14-25)24-31(27,28)22-15-17(2)5-6-18(22)3/h5-10,15,19,24H,4,11-14,16H2,1-3H3. The van der Waals surface area contributed by atoms with Crippen LogP contribution in [0.2, 0.25) is 0 Å². The summed E-state index contributed by atoms with van der Waals surface area (Å²) in [4.78, 5) is 14.5. The molecule has 0 unspecified atom stereocenters. The summed E-state index contributed by atoms with van der Waals surface area (Å²) >= 11 is 0. The first-order valence-corrected chi connectivity index (χ1v) is 12.0. The molecule has 7 nitrogen and oxygen atoms in total. The predicted molar refractivity (Wildman–Crippen MR) is 119 cm³/mol. The smallest absolute Gasteiger partial charge is 0.260 e. The van der Waals surface area contributed by atoms with E-state index in [4.69, 9.17) is 9.47 Å². The first kappa shape index (κ1) is 23.1. The lowest BCUT2D eigenvalue weighted by Crippen LogP contribution is -2.47. The van der Waals surface area contributed by atoms with E-state index in [0.29, 0.717) is 43.2 Å². The molecule has 0 aromatic heterocycles. The van der Waals surface area contributed by atoms with Crippen LogP contribution >= 0.6 is 0 Å². The number of likely N-dealkylation sites (tertiary alicyclic amines) is 1. The Labute approximate surface area is 184 Å². The monoisotopic (exact) mass is 446 g/mol. The van der Waals surface area contributed by atoms with Crippen molar-refractivity contribution < 1.29 is 22.7 Å². The van der Waals surface area contributed by atoms with E-state index in [2.05, 4.69) is 4.72 Å². The summed E-state index contributed by atoms with van der Waals surface area (Å²) in [7, 11) is -3.59. The highest BCUT2D eigenvalue weighted by molar-refractivity contribution is 7.89. The SMILES string of the molecule is CCOc1ccc(OCC(=O)N2CCC(NS(=O)(=O)c3cc(C)ccc3C)CC2)cc1. The minimum absolute atomic E-state index is 0.0487. The Balaban J connectivity index is 1.48. The number of benzene rings is 2. The molecule has 0 aliphatic carbocycles. The molecular formula is C23H30N2O5S. The lowest BCUT2D eigenvalue weighted by molar-refractivity contribution is -0.134. The van der Waals surface area contributed by atoms with Crippen molar-refractivity contribution in [3.63, 3.8) is 0 Å². The van der Waals surface area contributed by atoms with Crippen molar-refractivity contribution in [3.8, 4) is 11.5 Å². The Bertz CT molecular complexity index is 997. The van der Waals surface area contributed by atoms with Crippen molar-refractivity contribution in [1.82, 2.24) is 9.62 Å². The van der Waals surface area contributed by atoms with Crippen molar-refractivity contribution in [2.24, 2.45) is 0 Å². The molecule has 2 aromatic rings. The maximum atomic E-state index is 12.8. The predicted octanol–water partition coefficient (Wildman–Crippen LogP) is 3.05. The van der Waals surface area contributed by atoms with Crippen molar-refractivity contribution in [1.29, 1.82) is 0 Å². The highest BCUT2D eigenvalue weighted by Crippen LogP contribution is 2.20. The average molecular weight is 447 g/mol. The van der Waals surface area contributed by atoms with Gasteiger partial charge in [0.05, 0.1) is 11.5 Å². The molecule has 168 valence electrons. The number of carbonyl (C=O) groups is 1. The van der Waals surface area contributed by atoms with E-state index in [9.17, 15) is 13.2 Å². The molecule has 1 aliphatic rings.